The third-order valence-electron chi connectivity index (χ3n) is 4.61. The maximum atomic E-state index is 3.69. The zero-order valence-corrected chi connectivity index (χ0v) is 13.1. The smallest absolute Gasteiger partial charge is 0.00106 e. The Morgan fingerprint density at radius 2 is 1.56 bits per heavy atom. The van der Waals surface area contributed by atoms with Crippen molar-refractivity contribution in [3.05, 3.63) is 0 Å². The second-order valence-electron chi connectivity index (χ2n) is 6.76. The van der Waals surface area contributed by atoms with Crippen molar-refractivity contribution in [2.24, 2.45) is 5.41 Å². The van der Waals surface area contributed by atoms with Gasteiger partial charge < -0.3 is 5.32 Å². The molecule has 0 aromatic heterocycles. The van der Waals surface area contributed by atoms with Gasteiger partial charge in [-0.25, -0.2) is 0 Å². The van der Waals surface area contributed by atoms with E-state index in [1.807, 2.05) is 0 Å². The maximum Gasteiger partial charge on any atom is 0.00106 e. The highest BCUT2D eigenvalue weighted by Gasteiger charge is 2.32. The van der Waals surface area contributed by atoms with Crippen LogP contribution in [0.1, 0.15) is 91.4 Å². The summed E-state index contributed by atoms with van der Waals surface area (Å²) >= 11 is 0. The fourth-order valence-electron chi connectivity index (χ4n) is 3.34. The highest BCUT2D eigenvalue weighted by molar-refractivity contribution is 4.87. The van der Waals surface area contributed by atoms with Gasteiger partial charge in [0, 0.05) is 12.6 Å². The van der Waals surface area contributed by atoms with Crippen molar-refractivity contribution < 1.29 is 0 Å². The molecule has 0 unspecified atom stereocenters. The normalized spacial score (nSPS) is 18.7. The first kappa shape index (κ1) is 16.0. The van der Waals surface area contributed by atoms with Crippen LogP contribution in [0.2, 0.25) is 0 Å². The van der Waals surface area contributed by atoms with Crippen LogP contribution in [0.3, 0.4) is 0 Å². The van der Waals surface area contributed by atoms with Gasteiger partial charge in [0.15, 0.2) is 0 Å². The maximum absolute atomic E-state index is 3.69. The van der Waals surface area contributed by atoms with Crippen molar-refractivity contribution in [1.82, 2.24) is 5.32 Å². The Morgan fingerprint density at radius 3 is 2.17 bits per heavy atom. The Kier molecular flexibility index (Phi) is 7.97. The van der Waals surface area contributed by atoms with Crippen LogP contribution in [0.5, 0.6) is 0 Å². The van der Waals surface area contributed by atoms with Gasteiger partial charge in [-0.15, -0.1) is 0 Å². The molecule has 1 rings (SSSR count). The summed E-state index contributed by atoms with van der Waals surface area (Å²) in [7, 11) is 0. The number of rotatable bonds is 10. The quantitative estimate of drug-likeness (QED) is 0.521. The third kappa shape index (κ3) is 6.22. The summed E-state index contributed by atoms with van der Waals surface area (Å²) in [4.78, 5) is 0. The minimum atomic E-state index is 0.645. The number of unbranched alkanes of at least 4 members (excludes halogenated alkanes) is 5. The van der Waals surface area contributed by atoms with Crippen molar-refractivity contribution in [2.75, 3.05) is 6.54 Å². The molecule has 0 bridgehead atoms. The molecule has 1 aliphatic carbocycles. The Morgan fingerprint density at radius 1 is 0.944 bits per heavy atom. The number of hydrogen-bond donors (Lipinski definition) is 1. The molecule has 0 amide bonds. The Bertz CT molecular complexity index is 192. The molecule has 18 heavy (non-hydrogen) atoms. The van der Waals surface area contributed by atoms with Crippen LogP contribution in [0.25, 0.3) is 0 Å². The molecule has 1 aliphatic rings. The van der Waals surface area contributed by atoms with Gasteiger partial charge in [0.05, 0.1) is 0 Å². The fourth-order valence-corrected chi connectivity index (χ4v) is 3.34. The van der Waals surface area contributed by atoms with Crippen LogP contribution in [0.4, 0.5) is 0 Å². The van der Waals surface area contributed by atoms with Crippen LogP contribution in [0.15, 0.2) is 0 Å². The van der Waals surface area contributed by atoms with E-state index in [0.29, 0.717) is 11.5 Å². The Hall–Kier alpha value is -0.0400. The predicted octanol–water partition coefficient (Wildman–Crippen LogP) is 5.30. The second-order valence-corrected chi connectivity index (χ2v) is 6.76. The summed E-state index contributed by atoms with van der Waals surface area (Å²) in [5.41, 5.74) is 0.662. The molecule has 0 aromatic rings. The van der Waals surface area contributed by atoms with E-state index in [1.165, 1.54) is 77.2 Å². The van der Waals surface area contributed by atoms with Crippen LogP contribution >= 0.6 is 0 Å². The van der Waals surface area contributed by atoms with Crippen molar-refractivity contribution in [2.45, 2.75) is 97.4 Å². The minimum Gasteiger partial charge on any atom is -0.314 e. The topological polar surface area (TPSA) is 12.0 Å². The highest BCUT2D eigenvalue weighted by Crippen LogP contribution is 2.42. The van der Waals surface area contributed by atoms with Gasteiger partial charge in [0.2, 0.25) is 0 Å². The fraction of sp³-hybridized carbons (Fsp3) is 1.00. The van der Waals surface area contributed by atoms with E-state index < -0.39 is 0 Å². The molecule has 1 heteroatoms. The molecule has 0 atom stereocenters. The summed E-state index contributed by atoms with van der Waals surface area (Å²) in [6.45, 7) is 8.10. The largest absolute Gasteiger partial charge is 0.314 e. The molecule has 0 spiro atoms. The van der Waals surface area contributed by atoms with Crippen LogP contribution in [-0.4, -0.2) is 12.6 Å². The van der Waals surface area contributed by atoms with Gasteiger partial charge in [-0.1, -0.05) is 72.1 Å². The van der Waals surface area contributed by atoms with E-state index in [1.54, 1.807) is 0 Å². The first-order chi connectivity index (χ1) is 8.68. The molecule has 0 radical (unpaired) electrons. The number of nitrogens with one attached hydrogen (secondary N) is 1. The lowest BCUT2D eigenvalue weighted by atomic mass is 9.80. The Balaban J connectivity index is 2.17. The van der Waals surface area contributed by atoms with Gasteiger partial charge in [-0.2, -0.15) is 0 Å². The molecule has 0 saturated heterocycles. The lowest BCUT2D eigenvalue weighted by Gasteiger charge is -2.30. The van der Waals surface area contributed by atoms with E-state index in [0.717, 1.165) is 0 Å². The summed E-state index contributed by atoms with van der Waals surface area (Å²) in [5, 5.41) is 3.69. The number of hydrogen-bond acceptors (Lipinski definition) is 1. The zero-order chi connectivity index (χ0) is 13.3. The van der Waals surface area contributed by atoms with Gasteiger partial charge in [-0.3, -0.25) is 0 Å². The molecule has 0 aromatic carbocycles. The van der Waals surface area contributed by atoms with Gasteiger partial charge in [-0.05, 0) is 24.7 Å². The first-order valence-corrected chi connectivity index (χ1v) is 8.42. The lowest BCUT2D eigenvalue weighted by molar-refractivity contribution is 0.240. The van der Waals surface area contributed by atoms with E-state index in [-0.39, 0.29) is 0 Å². The molecular weight excluding hydrogens is 218 g/mol. The summed E-state index contributed by atoms with van der Waals surface area (Å²) in [6.07, 6.45) is 16.0. The minimum absolute atomic E-state index is 0.645. The molecular formula is C17H35N. The summed E-state index contributed by atoms with van der Waals surface area (Å²) in [5.74, 6) is 0. The van der Waals surface area contributed by atoms with Gasteiger partial charge in [0.25, 0.3) is 0 Å². The lowest BCUT2D eigenvalue weighted by Crippen LogP contribution is -2.35. The predicted molar refractivity (Wildman–Crippen MR) is 82.0 cm³/mol. The summed E-state index contributed by atoms with van der Waals surface area (Å²) in [6, 6.07) is 0.645. The molecule has 0 heterocycles. The van der Waals surface area contributed by atoms with E-state index >= 15 is 0 Å². The van der Waals surface area contributed by atoms with E-state index in [2.05, 4.69) is 26.1 Å². The average molecular weight is 253 g/mol. The van der Waals surface area contributed by atoms with Crippen LogP contribution in [-0.2, 0) is 0 Å². The van der Waals surface area contributed by atoms with Crippen LogP contribution in [0, 0.1) is 5.41 Å². The summed E-state index contributed by atoms with van der Waals surface area (Å²) < 4.78 is 0. The van der Waals surface area contributed by atoms with Gasteiger partial charge in [0.1, 0.15) is 0 Å². The van der Waals surface area contributed by atoms with E-state index in [9.17, 15) is 0 Å². The monoisotopic (exact) mass is 253 g/mol. The third-order valence-corrected chi connectivity index (χ3v) is 4.61. The standard InChI is InChI=1S/C17H35N/c1-4-5-6-7-8-9-12-17(13-10-11-14-17)15-18-16(2)3/h16,18H,4-15H2,1-3H3. The molecule has 1 N–H and O–H groups in total. The highest BCUT2D eigenvalue weighted by atomic mass is 14.9. The first-order valence-electron chi connectivity index (χ1n) is 8.42. The SMILES string of the molecule is CCCCCCCCC1(CNC(C)C)CCCC1. The van der Waals surface area contributed by atoms with Crippen molar-refractivity contribution >= 4 is 0 Å². The van der Waals surface area contributed by atoms with Crippen molar-refractivity contribution in [3.8, 4) is 0 Å². The molecule has 1 saturated carbocycles. The second kappa shape index (κ2) is 8.96. The Labute approximate surface area is 115 Å². The molecule has 0 aliphatic heterocycles. The zero-order valence-electron chi connectivity index (χ0n) is 13.1. The molecule has 1 fully saturated rings. The molecule has 108 valence electrons. The van der Waals surface area contributed by atoms with Gasteiger partial charge >= 0.3 is 0 Å². The molecule has 1 nitrogen and oxygen atoms in total. The van der Waals surface area contributed by atoms with E-state index in [4.69, 9.17) is 0 Å². The van der Waals surface area contributed by atoms with Crippen LogP contribution < -0.4 is 5.32 Å². The van der Waals surface area contributed by atoms with Crippen molar-refractivity contribution in [1.29, 1.82) is 0 Å². The average Bonchev–Trinajstić information content (AvgIpc) is 2.81. The van der Waals surface area contributed by atoms with Crippen molar-refractivity contribution in [3.63, 3.8) is 0 Å².